The number of β-amino-alcohol motifs (C(OH)–C–C–N with tert-alkyl or cyclic N) is 1. The second-order valence-corrected chi connectivity index (χ2v) is 8.55. The van der Waals surface area contributed by atoms with Crippen LogP contribution in [0.4, 0.5) is 0 Å². The van der Waals surface area contributed by atoms with Crippen LogP contribution < -0.4 is 4.74 Å². The average molecular weight is 362 g/mol. The maximum absolute atomic E-state index is 10.2. The highest BCUT2D eigenvalue weighted by molar-refractivity contribution is 5.27. The lowest BCUT2D eigenvalue weighted by atomic mass is 10.0. The Bertz CT molecular complexity index is 553. The fourth-order valence-electron chi connectivity index (χ4n) is 3.94. The molecule has 2 saturated heterocycles. The van der Waals surface area contributed by atoms with Crippen molar-refractivity contribution in [1.82, 2.24) is 14.7 Å². The molecule has 0 radical (unpaired) electrons. The summed E-state index contributed by atoms with van der Waals surface area (Å²) in [5, 5.41) is 10.2. The van der Waals surface area contributed by atoms with Crippen LogP contribution in [0.5, 0.6) is 5.75 Å². The zero-order valence-corrected chi connectivity index (χ0v) is 16.7. The Morgan fingerprint density at radius 3 is 2.38 bits per heavy atom. The van der Waals surface area contributed by atoms with E-state index in [1.54, 1.807) is 0 Å². The summed E-state index contributed by atoms with van der Waals surface area (Å²) in [5.41, 5.74) is 1.63. The Hall–Kier alpha value is -1.14. The third-order valence-corrected chi connectivity index (χ3v) is 5.88. The normalized spacial score (nSPS) is 23.2. The number of piperazine rings is 1. The Balaban J connectivity index is 1.41. The SMILES string of the molecule is CN1CCN(C[C@H](O)COc2ccc(CN3CCCC3(C)C)cc2)CC1. The number of nitrogens with zero attached hydrogens (tertiary/aromatic N) is 3. The standard InChI is InChI=1S/C21H35N3O2/c1-21(2)9-4-10-24(21)15-18-5-7-20(8-6-18)26-17-19(25)16-23-13-11-22(3)12-14-23/h5-8,19,25H,4,9-17H2,1-3H3/t19-/m0/s1. The second-order valence-electron chi connectivity index (χ2n) is 8.55. The third-order valence-electron chi connectivity index (χ3n) is 5.88. The molecular weight excluding hydrogens is 326 g/mol. The van der Waals surface area contributed by atoms with E-state index in [-0.39, 0.29) is 0 Å². The van der Waals surface area contributed by atoms with E-state index in [9.17, 15) is 5.11 Å². The van der Waals surface area contributed by atoms with Crippen molar-refractivity contribution >= 4 is 0 Å². The second kappa shape index (κ2) is 8.70. The maximum Gasteiger partial charge on any atom is 0.119 e. The predicted molar refractivity (Wildman–Crippen MR) is 106 cm³/mol. The molecule has 1 aromatic carbocycles. The number of likely N-dealkylation sites (tertiary alicyclic amines) is 1. The smallest absolute Gasteiger partial charge is 0.119 e. The summed E-state index contributed by atoms with van der Waals surface area (Å²) in [6, 6.07) is 8.36. The van der Waals surface area contributed by atoms with Gasteiger partial charge in [-0.3, -0.25) is 9.80 Å². The Kier molecular flexibility index (Phi) is 6.56. The van der Waals surface area contributed by atoms with Gasteiger partial charge in [-0.05, 0) is 58.0 Å². The molecule has 0 unspecified atom stereocenters. The van der Waals surface area contributed by atoms with E-state index in [4.69, 9.17) is 4.74 Å². The Labute approximate surface area is 158 Å². The van der Waals surface area contributed by atoms with Crippen LogP contribution in [-0.2, 0) is 6.54 Å². The minimum atomic E-state index is -0.441. The third kappa shape index (κ3) is 5.43. The number of benzene rings is 1. The number of hydrogen-bond donors (Lipinski definition) is 1. The van der Waals surface area contributed by atoms with E-state index in [2.05, 4.69) is 47.7 Å². The first kappa shape index (κ1) is 19.6. The van der Waals surface area contributed by atoms with Gasteiger partial charge in [-0.2, -0.15) is 0 Å². The molecule has 5 nitrogen and oxygen atoms in total. The summed E-state index contributed by atoms with van der Waals surface area (Å²) >= 11 is 0. The van der Waals surface area contributed by atoms with Gasteiger partial charge in [0.05, 0.1) is 0 Å². The number of likely N-dealkylation sites (N-methyl/N-ethyl adjacent to an activating group) is 1. The summed E-state index contributed by atoms with van der Waals surface area (Å²) in [5.74, 6) is 0.840. The minimum absolute atomic E-state index is 0.308. The Morgan fingerprint density at radius 1 is 1.08 bits per heavy atom. The van der Waals surface area contributed by atoms with Crippen molar-refractivity contribution in [2.75, 3.05) is 52.9 Å². The van der Waals surface area contributed by atoms with Gasteiger partial charge in [0.25, 0.3) is 0 Å². The molecule has 0 spiro atoms. The van der Waals surface area contributed by atoms with Crippen LogP contribution in [0.3, 0.4) is 0 Å². The molecule has 0 saturated carbocycles. The highest BCUT2D eigenvalue weighted by Gasteiger charge is 2.31. The number of hydrogen-bond acceptors (Lipinski definition) is 5. The molecule has 26 heavy (non-hydrogen) atoms. The van der Waals surface area contributed by atoms with Gasteiger partial charge in [-0.15, -0.1) is 0 Å². The van der Waals surface area contributed by atoms with Gasteiger partial charge in [0.1, 0.15) is 18.5 Å². The van der Waals surface area contributed by atoms with Gasteiger partial charge in [0.15, 0.2) is 0 Å². The van der Waals surface area contributed by atoms with E-state index in [1.165, 1.54) is 24.9 Å². The summed E-state index contributed by atoms with van der Waals surface area (Å²) in [6.45, 7) is 12.1. The van der Waals surface area contributed by atoms with Crippen molar-refractivity contribution in [3.05, 3.63) is 29.8 Å². The zero-order chi connectivity index (χ0) is 18.6. The van der Waals surface area contributed by atoms with Crippen LogP contribution in [-0.4, -0.2) is 84.4 Å². The van der Waals surface area contributed by atoms with Gasteiger partial charge in [-0.1, -0.05) is 12.1 Å². The summed E-state index contributed by atoms with van der Waals surface area (Å²) in [7, 11) is 2.14. The predicted octanol–water partition coefficient (Wildman–Crippen LogP) is 2.05. The summed E-state index contributed by atoms with van der Waals surface area (Å²) in [4.78, 5) is 7.20. The summed E-state index contributed by atoms with van der Waals surface area (Å²) in [6.07, 6.45) is 2.13. The van der Waals surface area contributed by atoms with Crippen LogP contribution >= 0.6 is 0 Å². The molecule has 2 aliphatic rings. The lowest BCUT2D eigenvalue weighted by Gasteiger charge is -2.33. The molecule has 2 aliphatic heterocycles. The van der Waals surface area contributed by atoms with Gasteiger partial charge in [0, 0.05) is 44.8 Å². The topological polar surface area (TPSA) is 39.2 Å². The van der Waals surface area contributed by atoms with E-state index in [0.29, 0.717) is 18.7 Å². The average Bonchev–Trinajstić information content (AvgIpc) is 2.95. The first-order valence-electron chi connectivity index (χ1n) is 9.98. The van der Waals surface area contributed by atoms with Crippen LogP contribution in [0.2, 0.25) is 0 Å². The molecule has 5 heteroatoms. The lowest BCUT2D eigenvalue weighted by molar-refractivity contribution is 0.0504. The Morgan fingerprint density at radius 2 is 1.77 bits per heavy atom. The van der Waals surface area contributed by atoms with E-state index in [0.717, 1.165) is 38.5 Å². The monoisotopic (exact) mass is 361 g/mol. The number of aliphatic hydroxyl groups excluding tert-OH is 1. The molecule has 2 heterocycles. The van der Waals surface area contributed by atoms with Crippen molar-refractivity contribution < 1.29 is 9.84 Å². The van der Waals surface area contributed by atoms with E-state index in [1.807, 2.05) is 12.1 Å². The highest BCUT2D eigenvalue weighted by Crippen LogP contribution is 2.30. The van der Waals surface area contributed by atoms with Crippen molar-refractivity contribution in [2.24, 2.45) is 0 Å². The number of ether oxygens (including phenoxy) is 1. The molecule has 1 aromatic rings. The van der Waals surface area contributed by atoms with Gasteiger partial charge in [0.2, 0.25) is 0 Å². The van der Waals surface area contributed by atoms with Crippen LogP contribution in [0, 0.1) is 0 Å². The molecule has 0 aliphatic carbocycles. The van der Waals surface area contributed by atoms with Gasteiger partial charge >= 0.3 is 0 Å². The molecule has 3 rings (SSSR count). The molecule has 0 bridgehead atoms. The summed E-state index contributed by atoms with van der Waals surface area (Å²) < 4.78 is 5.80. The van der Waals surface area contributed by atoms with Gasteiger partial charge in [-0.25, -0.2) is 0 Å². The number of rotatable bonds is 7. The molecular formula is C21H35N3O2. The van der Waals surface area contributed by atoms with Crippen molar-refractivity contribution in [2.45, 2.75) is 44.9 Å². The first-order valence-corrected chi connectivity index (χ1v) is 9.98. The quantitative estimate of drug-likeness (QED) is 0.805. The van der Waals surface area contributed by atoms with E-state index >= 15 is 0 Å². The van der Waals surface area contributed by atoms with Crippen molar-refractivity contribution in [3.8, 4) is 5.75 Å². The van der Waals surface area contributed by atoms with E-state index < -0.39 is 6.10 Å². The lowest BCUT2D eigenvalue weighted by Crippen LogP contribution is -2.47. The van der Waals surface area contributed by atoms with Crippen LogP contribution in [0.1, 0.15) is 32.3 Å². The molecule has 1 atom stereocenters. The highest BCUT2D eigenvalue weighted by atomic mass is 16.5. The molecule has 146 valence electrons. The fourth-order valence-corrected chi connectivity index (χ4v) is 3.94. The van der Waals surface area contributed by atoms with Crippen LogP contribution in [0.25, 0.3) is 0 Å². The van der Waals surface area contributed by atoms with Crippen molar-refractivity contribution in [3.63, 3.8) is 0 Å². The van der Waals surface area contributed by atoms with Crippen molar-refractivity contribution in [1.29, 1.82) is 0 Å². The molecule has 2 fully saturated rings. The van der Waals surface area contributed by atoms with Gasteiger partial charge < -0.3 is 14.7 Å². The zero-order valence-electron chi connectivity index (χ0n) is 16.7. The molecule has 0 amide bonds. The largest absolute Gasteiger partial charge is 0.491 e. The maximum atomic E-state index is 10.2. The molecule has 0 aromatic heterocycles. The fraction of sp³-hybridized carbons (Fsp3) is 0.714. The minimum Gasteiger partial charge on any atom is -0.491 e. The van der Waals surface area contributed by atoms with Crippen LogP contribution in [0.15, 0.2) is 24.3 Å². The molecule has 1 N–H and O–H groups in total. The number of aliphatic hydroxyl groups is 1. The first-order chi connectivity index (χ1) is 12.4.